The number of pyridine rings is 1. The van der Waals surface area contributed by atoms with Crippen molar-refractivity contribution < 1.29 is 13.2 Å². The fourth-order valence-corrected chi connectivity index (χ4v) is 6.18. The zero-order valence-corrected chi connectivity index (χ0v) is 19.7. The second-order valence-corrected chi connectivity index (χ2v) is 9.91. The van der Waals surface area contributed by atoms with Gasteiger partial charge in [0.05, 0.1) is 18.0 Å². The third-order valence-corrected chi connectivity index (χ3v) is 8.04. The highest BCUT2D eigenvalue weighted by atomic mass is 19.1. The Labute approximate surface area is 206 Å². The van der Waals surface area contributed by atoms with Gasteiger partial charge in [-0.2, -0.15) is 5.10 Å². The minimum Gasteiger partial charge on any atom is -0.364 e. The summed E-state index contributed by atoms with van der Waals surface area (Å²) in [4.78, 5) is 8.22. The predicted octanol–water partition coefficient (Wildman–Crippen LogP) is 7.50. The molecule has 3 saturated carbocycles. The Morgan fingerprint density at radius 2 is 1.75 bits per heavy atom. The number of H-pyrrole nitrogens is 1. The van der Waals surface area contributed by atoms with Crippen molar-refractivity contribution in [3.63, 3.8) is 0 Å². The first-order chi connectivity index (χ1) is 17.5. The van der Waals surface area contributed by atoms with Gasteiger partial charge in [-0.05, 0) is 55.1 Å². The summed E-state index contributed by atoms with van der Waals surface area (Å²) >= 11 is 0. The maximum atomic E-state index is 16.2. The number of nitrogens with one attached hydrogen (secondary N) is 2. The number of nitrogens with zero attached hydrogens (tertiary/aromatic N) is 3. The molecule has 182 valence electrons. The molecule has 0 aliphatic heterocycles. The lowest BCUT2D eigenvalue weighted by Gasteiger charge is -2.47. The Hall–Kier alpha value is -3.86. The first-order valence-corrected chi connectivity index (χ1v) is 12.2. The van der Waals surface area contributed by atoms with Crippen LogP contribution in [0.25, 0.3) is 38.3 Å². The third-order valence-electron chi connectivity index (χ3n) is 8.04. The van der Waals surface area contributed by atoms with E-state index in [1.54, 1.807) is 24.3 Å². The number of fused-ring (bicyclic) bond motifs is 4. The standard InChI is InChI=1S/C28H24F3N5/c1-14-15-8-10-17(11-9-15)23(14)33-28-22(31)21(16-6-4-3-5-7-16)26(32-2)27(34-28)25-19-12-18(29)13-20(30)24(19)35-36-25/h3-7,12-15,17,23H,8-11H2,1H3,(H,33,34)(H,35,36). The predicted molar refractivity (Wildman–Crippen MR) is 133 cm³/mol. The van der Waals surface area contributed by atoms with Crippen molar-refractivity contribution in [2.45, 2.75) is 38.6 Å². The van der Waals surface area contributed by atoms with Gasteiger partial charge in [0.25, 0.3) is 0 Å². The monoisotopic (exact) mass is 487 g/mol. The molecule has 8 heteroatoms. The smallest absolute Gasteiger partial charge is 0.225 e. The molecule has 3 aliphatic rings. The first kappa shape index (κ1) is 22.6. The third kappa shape index (κ3) is 3.53. The minimum atomic E-state index is -0.826. The molecule has 3 aliphatic carbocycles. The van der Waals surface area contributed by atoms with Crippen molar-refractivity contribution in [3.05, 3.63) is 71.3 Å². The van der Waals surface area contributed by atoms with E-state index in [1.165, 1.54) is 12.8 Å². The van der Waals surface area contributed by atoms with Gasteiger partial charge in [0.1, 0.15) is 11.3 Å². The van der Waals surface area contributed by atoms with E-state index in [-0.39, 0.29) is 45.4 Å². The van der Waals surface area contributed by atoms with Crippen LogP contribution in [0.5, 0.6) is 0 Å². The van der Waals surface area contributed by atoms with Crippen molar-refractivity contribution in [2.24, 2.45) is 17.8 Å². The molecule has 2 aromatic carbocycles. The largest absolute Gasteiger partial charge is 0.364 e. The van der Waals surface area contributed by atoms with E-state index in [0.29, 0.717) is 23.3 Å². The Balaban J connectivity index is 1.58. The number of anilines is 1. The van der Waals surface area contributed by atoms with E-state index >= 15 is 4.39 Å². The summed E-state index contributed by atoms with van der Waals surface area (Å²) in [7, 11) is 0. The molecule has 0 radical (unpaired) electrons. The van der Waals surface area contributed by atoms with E-state index in [2.05, 4.69) is 32.3 Å². The second kappa shape index (κ2) is 8.66. The zero-order valence-electron chi connectivity index (χ0n) is 19.7. The topological polar surface area (TPSA) is 58.0 Å². The summed E-state index contributed by atoms with van der Waals surface area (Å²) in [6.45, 7) is 10.1. The number of hydrogen-bond acceptors (Lipinski definition) is 3. The van der Waals surface area contributed by atoms with Crippen LogP contribution in [0.2, 0.25) is 0 Å². The highest BCUT2D eigenvalue weighted by molar-refractivity contribution is 5.99. The summed E-state index contributed by atoms with van der Waals surface area (Å²) < 4.78 is 44.7. The number of aromatic nitrogens is 3. The fourth-order valence-electron chi connectivity index (χ4n) is 6.18. The van der Waals surface area contributed by atoms with Gasteiger partial charge in [-0.1, -0.05) is 37.3 Å². The van der Waals surface area contributed by atoms with Crippen LogP contribution >= 0.6 is 0 Å². The number of halogens is 3. The van der Waals surface area contributed by atoms with Crippen molar-refractivity contribution >= 4 is 22.4 Å². The zero-order chi connectivity index (χ0) is 25.0. The molecule has 0 saturated heterocycles. The van der Waals surface area contributed by atoms with E-state index in [1.807, 2.05) is 6.07 Å². The van der Waals surface area contributed by atoms with E-state index in [9.17, 15) is 8.78 Å². The van der Waals surface area contributed by atoms with Crippen molar-refractivity contribution in [1.29, 1.82) is 0 Å². The van der Waals surface area contributed by atoms with Crippen molar-refractivity contribution in [2.75, 3.05) is 5.32 Å². The lowest BCUT2D eigenvalue weighted by atomic mass is 9.62. The Morgan fingerprint density at radius 3 is 2.44 bits per heavy atom. The van der Waals surface area contributed by atoms with Gasteiger partial charge in [-0.15, -0.1) is 0 Å². The molecule has 2 bridgehead atoms. The van der Waals surface area contributed by atoms with Gasteiger partial charge in [0, 0.05) is 23.1 Å². The van der Waals surface area contributed by atoms with Gasteiger partial charge in [0.15, 0.2) is 17.5 Å². The van der Waals surface area contributed by atoms with Crippen LogP contribution in [-0.4, -0.2) is 21.2 Å². The van der Waals surface area contributed by atoms with Crippen LogP contribution in [0, 0.1) is 41.8 Å². The molecule has 0 spiro atoms. The van der Waals surface area contributed by atoms with Crippen LogP contribution < -0.4 is 5.32 Å². The van der Waals surface area contributed by atoms with Crippen molar-refractivity contribution in [3.8, 4) is 22.5 Å². The molecule has 2 aromatic heterocycles. The summed E-state index contributed by atoms with van der Waals surface area (Å²) in [5.74, 6) is -0.791. The second-order valence-electron chi connectivity index (χ2n) is 9.91. The van der Waals surface area contributed by atoms with Crippen LogP contribution in [-0.2, 0) is 0 Å². The fraction of sp³-hybridized carbons (Fsp3) is 0.321. The molecule has 2 atom stereocenters. The molecular weight excluding hydrogens is 463 g/mol. The van der Waals surface area contributed by atoms with E-state index < -0.39 is 17.5 Å². The van der Waals surface area contributed by atoms with Crippen molar-refractivity contribution in [1.82, 2.24) is 15.2 Å². The van der Waals surface area contributed by atoms with E-state index in [0.717, 1.165) is 25.0 Å². The molecule has 3 fully saturated rings. The normalized spacial score (nSPS) is 23.1. The van der Waals surface area contributed by atoms with E-state index in [4.69, 9.17) is 6.57 Å². The Kier molecular flexibility index (Phi) is 5.44. The van der Waals surface area contributed by atoms with Gasteiger partial charge >= 0.3 is 0 Å². The molecule has 7 rings (SSSR count). The van der Waals surface area contributed by atoms with Gasteiger partial charge in [-0.25, -0.2) is 23.0 Å². The molecule has 2 heterocycles. The molecule has 2 unspecified atom stereocenters. The SMILES string of the molecule is [C-]#[N+]c1c(-c2[nH]nc3c(F)cc(F)cc23)nc(NC2C3CCC(CC3)C2C)c(F)c1-c1ccccc1. The number of rotatable bonds is 4. The van der Waals surface area contributed by atoms with Crippen LogP contribution in [0.15, 0.2) is 42.5 Å². The number of aromatic amines is 1. The summed E-state index contributed by atoms with van der Waals surface area (Å²) in [6.07, 6.45) is 4.57. The molecule has 5 nitrogen and oxygen atoms in total. The van der Waals surface area contributed by atoms with Gasteiger partial charge in [-0.3, -0.25) is 5.10 Å². The average Bonchev–Trinajstić information content (AvgIpc) is 3.31. The average molecular weight is 488 g/mol. The summed E-state index contributed by atoms with van der Waals surface area (Å²) in [5.41, 5.74) is 0.792. The Bertz CT molecular complexity index is 1500. The van der Waals surface area contributed by atoms with Crippen LogP contribution in [0.3, 0.4) is 0 Å². The van der Waals surface area contributed by atoms with Crippen LogP contribution in [0.1, 0.15) is 32.6 Å². The van der Waals surface area contributed by atoms with Crippen LogP contribution in [0.4, 0.5) is 24.7 Å². The molecular formula is C28H24F3N5. The maximum absolute atomic E-state index is 16.2. The highest BCUT2D eigenvalue weighted by Crippen LogP contribution is 2.48. The minimum absolute atomic E-state index is 0.0419. The quantitative estimate of drug-likeness (QED) is 0.293. The first-order valence-electron chi connectivity index (χ1n) is 12.2. The summed E-state index contributed by atoms with van der Waals surface area (Å²) in [6, 6.07) is 10.8. The molecule has 2 N–H and O–H groups in total. The highest BCUT2D eigenvalue weighted by Gasteiger charge is 2.42. The Morgan fingerprint density at radius 1 is 1.03 bits per heavy atom. The maximum Gasteiger partial charge on any atom is 0.225 e. The molecule has 0 amide bonds. The lowest BCUT2D eigenvalue weighted by molar-refractivity contribution is 0.0926. The lowest BCUT2D eigenvalue weighted by Crippen LogP contribution is -2.47. The number of hydrogen-bond donors (Lipinski definition) is 2. The molecule has 4 aromatic rings. The summed E-state index contributed by atoms with van der Waals surface area (Å²) in [5, 5.41) is 10.3. The van der Waals surface area contributed by atoms with Gasteiger partial charge in [0.2, 0.25) is 5.69 Å². The van der Waals surface area contributed by atoms with Gasteiger partial charge < -0.3 is 5.32 Å². The molecule has 36 heavy (non-hydrogen) atoms. The number of benzene rings is 2.